The van der Waals surface area contributed by atoms with Crippen LogP contribution in [0.5, 0.6) is 0 Å². The highest BCUT2D eigenvalue weighted by Gasteiger charge is 2.48. The number of nitrogens with one attached hydrogen (secondary N) is 1. The first-order valence-electron chi connectivity index (χ1n) is 14.6. The van der Waals surface area contributed by atoms with E-state index in [2.05, 4.69) is 15.2 Å². The quantitative estimate of drug-likeness (QED) is 0.476. The van der Waals surface area contributed by atoms with Crippen molar-refractivity contribution in [2.24, 2.45) is 11.3 Å². The molecule has 226 valence electrons. The van der Waals surface area contributed by atoms with E-state index in [1.807, 2.05) is 6.92 Å². The van der Waals surface area contributed by atoms with E-state index in [0.29, 0.717) is 54.7 Å². The van der Waals surface area contributed by atoms with E-state index in [1.54, 1.807) is 29.2 Å². The summed E-state index contributed by atoms with van der Waals surface area (Å²) >= 11 is 0. The molecule has 1 unspecified atom stereocenters. The van der Waals surface area contributed by atoms with Gasteiger partial charge in [-0.2, -0.15) is 13.2 Å². The molecule has 2 aliphatic heterocycles. The molecular formula is C31H37F3N4O4. The highest BCUT2D eigenvalue weighted by Crippen LogP contribution is 2.46. The van der Waals surface area contributed by atoms with Crippen molar-refractivity contribution in [1.29, 1.82) is 0 Å². The van der Waals surface area contributed by atoms with E-state index < -0.39 is 23.1 Å². The highest BCUT2D eigenvalue weighted by molar-refractivity contribution is 5.94. The van der Waals surface area contributed by atoms with Gasteiger partial charge in [-0.05, 0) is 87.5 Å². The van der Waals surface area contributed by atoms with Crippen LogP contribution in [-0.4, -0.2) is 65.4 Å². The minimum atomic E-state index is -4.47. The van der Waals surface area contributed by atoms with Crippen molar-refractivity contribution in [3.05, 3.63) is 58.9 Å². The minimum Gasteiger partial charge on any atom is -0.465 e. The molecule has 11 heteroatoms. The van der Waals surface area contributed by atoms with Crippen LogP contribution in [0.3, 0.4) is 0 Å². The van der Waals surface area contributed by atoms with Crippen molar-refractivity contribution in [3.8, 4) is 0 Å². The molecule has 0 radical (unpaired) electrons. The maximum Gasteiger partial charge on any atom is 0.417 e. The Balaban J connectivity index is 1.15. The lowest BCUT2D eigenvalue weighted by atomic mass is 9.80. The summed E-state index contributed by atoms with van der Waals surface area (Å²) in [6.45, 7) is 4.17. The average molecular weight is 587 g/mol. The number of hydrogen-bond acceptors (Lipinski definition) is 6. The molecule has 1 saturated heterocycles. The number of amides is 2. The molecular weight excluding hydrogens is 549 g/mol. The zero-order valence-electron chi connectivity index (χ0n) is 24.0. The van der Waals surface area contributed by atoms with Crippen LogP contribution < -0.4 is 5.32 Å². The number of rotatable bonds is 6. The van der Waals surface area contributed by atoms with E-state index in [-0.39, 0.29) is 30.3 Å². The lowest BCUT2D eigenvalue weighted by Gasteiger charge is -2.39. The number of fused-ring (bicyclic) bond motifs is 1. The van der Waals surface area contributed by atoms with Crippen LogP contribution in [0.25, 0.3) is 0 Å². The van der Waals surface area contributed by atoms with Gasteiger partial charge in [0.2, 0.25) is 11.8 Å². The van der Waals surface area contributed by atoms with E-state index in [9.17, 15) is 27.6 Å². The van der Waals surface area contributed by atoms with Gasteiger partial charge in [-0.3, -0.25) is 14.6 Å². The third-order valence-corrected chi connectivity index (χ3v) is 9.36. The van der Waals surface area contributed by atoms with Crippen LogP contribution >= 0.6 is 0 Å². The topological polar surface area (TPSA) is 91.8 Å². The molecule has 1 aromatic heterocycles. The molecule has 3 heterocycles. The van der Waals surface area contributed by atoms with Gasteiger partial charge in [0.05, 0.1) is 23.7 Å². The summed E-state index contributed by atoms with van der Waals surface area (Å²) in [6.07, 6.45) is 1.32. The highest BCUT2D eigenvalue weighted by atomic mass is 19.4. The zero-order valence-corrected chi connectivity index (χ0v) is 24.0. The number of carbonyl (C=O) groups excluding carboxylic acids is 3. The molecule has 8 nitrogen and oxygen atoms in total. The molecule has 2 aromatic rings. The molecule has 1 N–H and O–H groups in total. The number of nitrogens with zero attached hydrogens (tertiary/aromatic N) is 3. The van der Waals surface area contributed by atoms with Crippen molar-refractivity contribution in [2.45, 2.75) is 70.6 Å². The smallest absolute Gasteiger partial charge is 0.417 e. The molecule has 0 spiro atoms. The van der Waals surface area contributed by atoms with Gasteiger partial charge in [-0.25, -0.2) is 4.79 Å². The second-order valence-corrected chi connectivity index (χ2v) is 11.7. The Hall–Kier alpha value is -3.47. The first-order valence-corrected chi connectivity index (χ1v) is 14.6. The van der Waals surface area contributed by atoms with Gasteiger partial charge >= 0.3 is 12.1 Å². The van der Waals surface area contributed by atoms with Crippen molar-refractivity contribution in [1.82, 2.24) is 14.8 Å². The predicted molar refractivity (Wildman–Crippen MR) is 149 cm³/mol. The molecule has 2 amide bonds. The maximum atomic E-state index is 13.9. The molecule has 1 aliphatic carbocycles. The summed E-state index contributed by atoms with van der Waals surface area (Å²) < 4.78 is 44.5. The number of carbonyl (C=O) groups is 3. The van der Waals surface area contributed by atoms with E-state index in [4.69, 9.17) is 4.74 Å². The summed E-state index contributed by atoms with van der Waals surface area (Å²) in [5.41, 5.74) is 0.844. The number of ether oxygens (including phenoxy) is 1. The SMILES string of the molecule is CC[C@]1(C(=O)N2CCc3ncc(C(F)(F)F)cc3C2)CCC(N2CCC(C(=O)Nc3ccc(C(=O)OC)cc3)CC2)C1. The van der Waals surface area contributed by atoms with Crippen LogP contribution in [0.15, 0.2) is 36.5 Å². The predicted octanol–water partition coefficient (Wildman–Crippen LogP) is 5.07. The zero-order chi connectivity index (χ0) is 30.1. The number of methoxy groups -OCH3 is 1. The van der Waals surface area contributed by atoms with Crippen LogP contribution in [0.1, 0.15) is 72.6 Å². The number of piperidine rings is 1. The van der Waals surface area contributed by atoms with Crippen molar-refractivity contribution in [3.63, 3.8) is 0 Å². The molecule has 42 heavy (non-hydrogen) atoms. The van der Waals surface area contributed by atoms with Gasteiger partial charge in [0.1, 0.15) is 0 Å². The number of esters is 1. The molecule has 5 rings (SSSR count). The van der Waals surface area contributed by atoms with E-state index in [0.717, 1.165) is 44.6 Å². The number of alkyl halides is 3. The Labute approximate surface area is 243 Å². The third kappa shape index (κ3) is 6.16. The Morgan fingerprint density at radius 2 is 1.81 bits per heavy atom. The molecule has 3 aliphatic rings. The van der Waals surface area contributed by atoms with Crippen LogP contribution in [0, 0.1) is 11.3 Å². The molecule has 2 fully saturated rings. The first kappa shape index (κ1) is 30.0. The maximum absolute atomic E-state index is 13.9. The number of likely N-dealkylation sites (tertiary alicyclic amines) is 1. The summed E-state index contributed by atoms with van der Waals surface area (Å²) in [6, 6.07) is 7.97. The fourth-order valence-electron chi connectivity index (χ4n) is 6.74. The van der Waals surface area contributed by atoms with Gasteiger partial charge in [0, 0.05) is 49.0 Å². The lowest BCUT2D eigenvalue weighted by Crippen LogP contribution is -2.47. The van der Waals surface area contributed by atoms with Gasteiger partial charge in [-0.1, -0.05) is 6.92 Å². The minimum absolute atomic E-state index is 0.0306. The summed E-state index contributed by atoms with van der Waals surface area (Å²) in [5.74, 6) is -0.565. The number of hydrogen-bond donors (Lipinski definition) is 1. The Morgan fingerprint density at radius 3 is 2.45 bits per heavy atom. The Kier molecular flexibility index (Phi) is 8.59. The standard InChI is InChI=1S/C31H37F3N4O4/c1-3-30(29(41)38-15-11-26-22(19-38)16-23(18-35-26)31(32,33)34)12-8-25(17-30)37-13-9-20(10-14-37)27(39)36-24-6-4-21(5-7-24)28(40)42-2/h4-7,16,18,20,25H,3,8-15,17,19H2,1-2H3,(H,36,39)/t25?,30-/m0/s1. The number of pyridine rings is 1. The van der Waals surface area contributed by atoms with E-state index >= 15 is 0 Å². The van der Waals surface area contributed by atoms with Gasteiger partial charge in [0.15, 0.2) is 0 Å². The second kappa shape index (κ2) is 12.0. The molecule has 0 bridgehead atoms. The second-order valence-electron chi connectivity index (χ2n) is 11.7. The van der Waals surface area contributed by atoms with Gasteiger partial charge < -0.3 is 19.9 Å². The van der Waals surface area contributed by atoms with E-state index in [1.165, 1.54) is 7.11 Å². The third-order valence-electron chi connectivity index (χ3n) is 9.36. The molecule has 1 aromatic carbocycles. The van der Waals surface area contributed by atoms with Crippen LogP contribution in [0.2, 0.25) is 0 Å². The Morgan fingerprint density at radius 1 is 1.10 bits per heavy atom. The van der Waals surface area contributed by atoms with Gasteiger partial charge in [0.25, 0.3) is 0 Å². The normalized spacial score (nSPS) is 23.4. The lowest BCUT2D eigenvalue weighted by molar-refractivity contribution is -0.143. The number of anilines is 1. The van der Waals surface area contributed by atoms with Crippen LogP contribution in [0.4, 0.5) is 18.9 Å². The fraction of sp³-hybridized carbons (Fsp3) is 0.548. The monoisotopic (exact) mass is 586 g/mol. The molecule has 1 saturated carbocycles. The number of benzene rings is 1. The van der Waals surface area contributed by atoms with Crippen molar-refractivity contribution < 1.29 is 32.3 Å². The number of halogens is 3. The van der Waals surface area contributed by atoms with Gasteiger partial charge in [-0.15, -0.1) is 0 Å². The molecule has 2 atom stereocenters. The van der Waals surface area contributed by atoms with Crippen molar-refractivity contribution >= 4 is 23.5 Å². The average Bonchev–Trinajstić information content (AvgIpc) is 3.45. The first-order chi connectivity index (χ1) is 20.0. The largest absolute Gasteiger partial charge is 0.465 e. The summed E-state index contributed by atoms with van der Waals surface area (Å²) in [4.78, 5) is 46.5. The Bertz CT molecular complexity index is 1320. The van der Waals surface area contributed by atoms with Crippen LogP contribution in [-0.2, 0) is 33.5 Å². The fourth-order valence-corrected chi connectivity index (χ4v) is 6.74. The van der Waals surface area contributed by atoms with Crippen molar-refractivity contribution in [2.75, 3.05) is 32.1 Å². The summed E-state index contributed by atoms with van der Waals surface area (Å²) in [5, 5.41) is 2.95. The number of aromatic nitrogens is 1. The summed E-state index contributed by atoms with van der Waals surface area (Å²) in [7, 11) is 1.32.